The Morgan fingerprint density at radius 3 is 2.59 bits per heavy atom. The van der Waals surface area contributed by atoms with Crippen LogP contribution >= 0.6 is 15.9 Å². The molecule has 0 fully saturated rings. The van der Waals surface area contributed by atoms with E-state index in [-0.39, 0.29) is 19.8 Å². The molecule has 0 saturated carbocycles. The number of carbonyl (C=O) groups is 1. The zero-order chi connectivity index (χ0) is 19.5. The van der Waals surface area contributed by atoms with Crippen LogP contribution in [0.15, 0.2) is 53.0 Å². The molecule has 2 aromatic carbocycles. The van der Waals surface area contributed by atoms with Crippen LogP contribution in [0.2, 0.25) is 0 Å². The van der Waals surface area contributed by atoms with Crippen LogP contribution in [0.3, 0.4) is 0 Å². The molecule has 140 valence electrons. The monoisotopic (exact) mass is 431 g/mol. The van der Waals surface area contributed by atoms with Gasteiger partial charge in [-0.2, -0.15) is 5.26 Å². The fourth-order valence-electron chi connectivity index (χ4n) is 2.06. The van der Waals surface area contributed by atoms with Crippen molar-refractivity contribution in [1.82, 2.24) is 0 Å². The predicted octanol–water partition coefficient (Wildman–Crippen LogP) is 4.00. The smallest absolute Gasteiger partial charge is 0.330 e. The molecule has 0 aliphatic carbocycles. The molecular formula is C20H18BrNO5. The normalized spacial score (nSPS) is 10.3. The van der Waals surface area contributed by atoms with Gasteiger partial charge in [-0.15, -0.1) is 0 Å². The van der Waals surface area contributed by atoms with E-state index in [0.717, 1.165) is 10.0 Å². The third kappa shape index (κ3) is 7.04. The summed E-state index contributed by atoms with van der Waals surface area (Å²) in [5, 5.41) is 8.57. The van der Waals surface area contributed by atoms with E-state index in [1.165, 1.54) is 13.2 Å². The lowest BCUT2D eigenvalue weighted by atomic mass is 10.2. The van der Waals surface area contributed by atoms with Crippen molar-refractivity contribution in [2.24, 2.45) is 0 Å². The maximum absolute atomic E-state index is 11.8. The van der Waals surface area contributed by atoms with Crippen LogP contribution in [0.5, 0.6) is 17.2 Å². The third-order valence-electron chi connectivity index (χ3n) is 3.30. The first-order valence-electron chi connectivity index (χ1n) is 8.03. The van der Waals surface area contributed by atoms with Crippen molar-refractivity contribution in [3.05, 3.63) is 58.6 Å². The average molecular weight is 432 g/mol. The average Bonchev–Trinajstić information content (AvgIpc) is 2.69. The van der Waals surface area contributed by atoms with Gasteiger partial charge in [-0.1, -0.05) is 22.0 Å². The highest BCUT2D eigenvalue weighted by atomic mass is 79.9. The number of methoxy groups -OCH3 is 1. The van der Waals surface area contributed by atoms with E-state index >= 15 is 0 Å². The molecular weight excluding hydrogens is 414 g/mol. The van der Waals surface area contributed by atoms with Gasteiger partial charge in [0, 0.05) is 10.5 Å². The Balaban J connectivity index is 1.80. The van der Waals surface area contributed by atoms with Crippen LogP contribution in [0, 0.1) is 11.3 Å². The number of nitriles is 1. The molecule has 2 rings (SSSR count). The van der Waals surface area contributed by atoms with E-state index in [9.17, 15) is 4.79 Å². The lowest BCUT2D eigenvalue weighted by Crippen LogP contribution is -2.10. The highest BCUT2D eigenvalue weighted by Gasteiger charge is 2.05. The lowest BCUT2D eigenvalue weighted by molar-refractivity contribution is -0.138. The second kappa shape index (κ2) is 10.9. The predicted molar refractivity (Wildman–Crippen MR) is 104 cm³/mol. The van der Waals surface area contributed by atoms with Crippen LogP contribution in [0.4, 0.5) is 0 Å². The Bertz CT molecular complexity index is 827. The number of hydrogen-bond acceptors (Lipinski definition) is 6. The molecule has 0 bridgehead atoms. The number of benzene rings is 2. The van der Waals surface area contributed by atoms with Gasteiger partial charge in [-0.25, -0.2) is 4.79 Å². The number of halogens is 1. The zero-order valence-corrected chi connectivity index (χ0v) is 16.3. The number of ether oxygens (including phenoxy) is 4. The molecule has 0 aliphatic heterocycles. The van der Waals surface area contributed by atoms with Crippen molar-refractivity contribution in [2.45, 2.75) is 0 Å². The molecule has 0 aliphatic rings. The van der Waals surface area contributed by atoms with Crippen LogP contribution in [-0.4, -0.2) is 32.9 Å². The number of esters is 1. The van der Waals surface area contributed by atoms with Crippen molar-refractivity contribution in [3.63, 3.8) is 0 Å². The van der Waals surface area contributed by atoms with Crippen molar-refractivity contribution in [3.8, 4) is 23.3 Å². The molecule has 27 heavy (non-hydrogen) atoms. The van der Waals surface area contributed by atoms with E-state index < -0.39 is 5.97 Å². The summed E-state index contributed by atoms with van der Waals surface area (Å²) in [5.41, 5.74) is 0.735. The molecule has 7 heteroatoms. The first kappa shape index (κ1) is 20.3. The van der Waals surface area contributed by atoms with Crippen molar-refractivity contribution in [2.75, 3.05) is 26.9 Å². The topological polar surface area (TPSA) is 77.8 Å². The maximum atomic E-state index is 11.8. The summed E-state index contributed by atoms with van der Waals surface area (Å²) in [7, 11) is 1.50. The molecule has 0 unspecified atom stereocenters. The SMILES string of the molecule is COc1cc(C=CC(=O)OCCOc2ccc(Br)cc2)ccc1OCC#N. The minimum atomic E-state index is -0.474. The Morgan fingerprint density at radius 2 is 1.89 bits per heavy atom. The van der Waals surface area contributed by atoms with Gasteiger partial charge in [0.1, 0.15) is 25.0 Å². The van der Waals surface area contributed by atoms with Gasteiger partial charge in [0.25, 0.3) is 0 Å². The lowest BCUT2D eigenvalue weighted by Gasteiger charge is -2.08. The maximum Gasteiger partial charge on any atom is 0.330 e. The van der Waals surface area contributed by atoms with Crippen molar-refractivity contribution >= 4 is 28.0 Å². The van der Waals surface area contributed by atoms with Gasteiger partial charge >= 0.3 is 5.97 Å². The molecule has 6 nitrogen and oxygen atoms in total. The Kier molecular flexibility index (Phi) is 8.20. The molecule has 0 radical (unpaired) electrons. The van der Waals surface area contributed by atoms with E-state index in [1.807, 2.05) is 30.3 Å². The van der Waals surface area contributed by atoms with Gasteiger partial charge in [-0.05, 0) is 48.0 Å². The van der Waals surface area contributed by atoms with Crippen molar-refractivity contribution in [1.29, 1.82) is 5.26 Å². The molecule has 2 aromatic rings. The second-order valence-corrected chi connectivity index (χ2v) is 6.08. The molecule has 0 amide bonds. The summed E-state index contributed by atoms with van der Waals surface area (Å²) < 4.78 is 22.0. The number of carbonyl (C=O) groups excluding carboxylic acids is 1. The molecule has 0 saturated heterocycles. The molecule has 0 atom stereocenters. The van der Waals surface area contributed by atoms with Crippen LogP contribution < -0.4 is 14.2 Å². The van der Waals surface area contributed by atoms with E-state index in [4.69, 9.17) is 24.2 Å². The quantitative estimate of drug-likeness (QED) is 0.339. The number of hydrogen-bond donors (Lipinski definition) is 0. The summed E-state index contributed by atoms with van der Waals surface area (Å²) in [6.45, 7) is 0.337. The zero-order valence-electron chi connectivity index (χ0n) is 14.7. The van der Waals surface area contributed by atoms with Gasteiger partial charge in [-0.3, -0.25) is 0 Å². The van der Waals surface area contributed by atoms with E-state index in [0.29, 0.717) is 17.2 Å². The first-order valence-corrected chi connectivity index (χ1v) is 8.82. The standard InChI is InChI=1S/C20H18BrNO5/c1-24-19-14-15(2-8-18(19)26-11-10-22)3-9-20(23)27-13-12-25-17-6-4-16(21)5-7-17/h2-9,14H,11-13H2,1H3. The summed E-state index contributed by atoms with van der Waals surface area (Å²) in [5.74, 6) is 1.17. The fourth-order valence-corrected chi connectivity index (χ4v) is 2.33. The largest absolute Gasteiger partial charge is 0.493 e. The Morgan fingerprint density at radius 1 is 1.11 bits per heavy atom. The summed E-state index contributed by atoms with van der Waals surface area (Å²) in [6, 6.07) is 14.4. The van der Waals surface area contributed by atoms with E-state index in [1.54, 1.807) is 24.3 Å². The Labute approximate surface area is 166 Å². The number of rotatable bonds is 9. The minimum Gasteiger partial charge on any atom is -0.493 e. The van der Waals surface area contributed by atoms with E-state index in [2.05, 4.69) is 15.9 Å². The van der Waals surface area contributed by atoms with Gasteiger partial charge in [0.2, 0.25) is 0 Å². The first-order chi connectivity index (χ1) is 13.1. The van der Waals surface area contributed by atoms with Gasteiger partial charge in [0.05, 0.1) is 7.11 Å². The summed E-state index contributed by atoms with van der Waals surface area (Å²) >= 11 is 3.35. The number of nitrogens with zero attached hydrogens (tertiary/aromatic N) is 1. The summed E-state index contributed by atoms with van der Waals surface area (Å²) in [4.78, 5) is 11.8. The van der Waals surface area contributed by atoms with Crippen LogP contribution in [0.25, 0.3) is 6.08 Å². The van der Waals surface area contributed by atoms with Crippen LogP contribution in [-0.2, 0) is 9.53 Å². The third-order valence-corrected chi connectivity index (χ3v) is 3.83. The van der Waals surface area contributed by atoms with Gasteiger partial charge < -0.3 is 18.9 Å². The fraction of sp³-hybridized carbons (Fsp3) is 0.200. The molecule has 0 spiro atoms. The van der Waals surface area contributed by atoms with Crippen molar-refractivity contribution < 1.29 is 23.7 Å². The Hall–Kier alpha value is -2.98. The molecule has 0 aromatic heterocycles. The highest BCUT2D eigenvalue weighted by molar-refractivity contribution is 9.10. The van der Waals surface area contributed by atoms with Gasteiger partial charge in [0.15, 0.2) is 18.1 Å². The summed E-state index contributed by atoms with van der Waals surface area (Å²) in [6.07, 6.45) is 2.93. The van der Waals surface area contributed by atoms with Crippen LogP contribution in [0.1, 0.15) is 5.56 Å². The molecule has 0 N–H and O–H groups in total. The minimum absolute atomic E-state index is 0.0692. The highest BCUT2D eigenvalue weighted by Crippen LogP contribution is 2.28. The second-order valence-electron chi connectivity index (χ2n) is 5.16. The molecule has 0 heterocycles.